The summed E-state index contributed by atoms with van der Waals surface area (Å²) in [6, 6.07) is 5.59. The average molecular weight is 320 g/mol. The SMILES string of the molecule is CN(C)C1(CNC(=O)Nc2cccc([N+](=O)[O-])c2)CCCCC1. The molecule has 23 heavy (non-hydrogen) atoms. The van der Waals surface area contributed by atoms with Crippen LogP contribution < -0.4 is 10.6 Å². The van der Waals surface area contributed by atoms with E-state index >= 15 is 0 Å². The fraction of sp³-hybridized carbons (Fsp3) is 0.562. The molecule has 1 saturated carbocycles. The topological polar surface area (TPSA) is 87.5 Å². The molecule has 0 heterocycles. The van der Waals surface area contributed by atoms with Crippen molar-refractivity contribution < 1.29 is 9.72 Å². The number of nitro benzene ring substituents is 1. The molecule has 126 valence electrons. The summed E-state index contributed by atoms with van der Waals surface area (Å²) >= 11 is 0. The van der Waals surface area contributed by atoms with Crippen LogP contribution in [0.25, 0.3) is 0 Å². The van der Waals surface area contributed by atoms with Crippen LogP contribution >= 0.6 is 0 Å². The molecule has 1 fully saturated rings. The van der Waals surface area contributed by atoms with Gasteiger partial charge in [0.15, 0.2) is 0 Å². The molecule has 0 radical (unpaired) electrons. The van der Waals surface area contributed by atoms with Crippen LogP contribution in [0.15, 0.2) is 24.3 Å². The normalized spacial score (nSPS) is 16.8. The lowest BCUT2D eigenvalue weighted by Gasteiger charge is -2.43. The minimum Gasteiger partial charge on any atom is -0.336 e. The molecular weight excluding hydrogens is 296 g/mol. The Kier molecular flexibility index (Phi) is 5.54. The number of likely N-dealkylation sites (N-methyl/N-ethyl adjacent to an activating group) is 1. The molecule has 0 atom stereocenters. The molecule has 0 spiro atoms. The Labute approximate surface area is 136 Å². The number of anilines is 1. The Morgan fingerprint density at radius 1 is 1.30 bits per heavy atom. The van der Waals surface area contributed by atoms with Gasteiger partial charge in [0.25, 0.3) is 5.69 Å². The van der Waals surface area contributed by atoms with Crippen LogP contribution in [-0.4, -0.2) is 42.0 Å². The molecule has 1 aliphatic rings. The maximum Gasteiger partial charge on any atom is 0.319 e. The lowest BCUT2D eigenvalue weighted by molar-refractivity contribution is -0.384. The predicted octanol–water partition coefficient (Wildman–Crippen LogP) is 2.98. The van der Waals surface area contributed by atoms with Gasteiger partial charge in [0.1, 0.15) is 0 Å². The number of nitrogens with zero attached hydrogens (tertiary/aromatic N) is 2. The molecule has 1 aliphatic carbocycles. The monoisotopic (exact) mass is 320 g/mol. The van der Waals surface area contributed by atoms with E-state index in [1.54, 1.807) is 12.1 Å². The molecule has 2 amide bonds. The van der Waals surface area contributed by atoms with Crippen molar-refractivity contribution in [2.75, 3.05) is 26.0 Å². The summed E-state index contributed by atoms with van der Waals surface area (Å²) in [5.41, 5.74) is 0.372. The van der Waals surface area contributed by atoms with Crippen molar-refractivity contribution in [3.05, 3.63) is 34.4 Å². The number of nitro groups is 1. The highest BCUT2D eigenvalue weighted by molar-refractivity contribution is 5.89. The molecule has 2 rings (SSSR count). The first-order valence-corrected chi connectivity index (χ1v) is 7.90. The molecule has 0 aromatic heterocycles. The number of benzene rings is 1. The first kappa shape index (κ1) is 17.2. The Bertz CT molecular complexity index is 568. The highest BCUT2D eigenvalue weighted by atomic mass is 16.6. The molecule has 0 bridgehead atoms. The van der Waals surface area contributed by atoms with Gasteiger partial charge in [-0.1, -0.05) is 25.3 Å². The maximum atomic E-state index is 12.1. The van der Waals surface area contributed by atoms with Gasteiger partial charge in [0, 0.05) is 29.9 Å². The van der Waals surface area contributed by atoms with Gasteiger partial charge in [-0.15, -0.1) is 0 Å². The summed E-state index contributed by atoms with van der Waals surface area (Å²) in [4.78, 5) is 24.6. The van der Waals surface area contributed by atoms with E-state index < -0.39 is 4.92 Å². The van der Waals surface area contributed by atoms with Crippen LogP contribution in [0.3, 0.4) is 0 Å². The quantitative estimate of drug-likeness (QED) is 0.645. The second kappa shape index (κ2) is 7.41. The van der Waals surface area contributed by atoms with Gasteiger partial charge in [-0.05, 0) is 33.0 Å². The van der Waals surface area contributed by atoms with E-state index in [0.29, 0.717) is 12.2 Å². The predicted molar refractivity (Wildman–Crippen MR) is 89.6 cm³/mol. The fourth-order valence-electron chi connectivity index (χ4n) is 3.11. The number of non-ortho nitro benzene ring substituents is 1. The number of carbonyl (C=O) groups is 1. The van der Waals surface area contributed by atoms with Crippen LogP contribution in [0, 0.1) is 10.1 Å². The van der Waals surface area contributed by atoms with E-state index in [9.17, 15) is 14.9 Å². The van der Waals surface area contributed by atoms with E-state index in [2.05, 4.69) is 15.5 Å². The van der Waals surface area contributed by atoms with Gasteiger partial charge in [-0.2, -0.15) is 0 Å². The number of nitrogens with one attached hydrogen (secondary N) is 2. The second-order valence-electron chi connectivity index (χ2n) is 6.29. The van der Waals surface area contributed by atoms with Crippen molar-refractivity contribution in [1.29, 1.82) is 0 Å². The second-order valence-corrected chi connectivity index (χ2v) is 6.29. The molecule has 0 saturated heterocycles. The van der Waals surface area contributed by atoms with Gasteiger partial charge >= 0.3 is 6.03 Å². The van der Waals surface area contributed by atoms with Crippen LogP contribution in [0.1, 0.15) is 32.1 Å². The zero-order valence-electron chi connectivity index (χ0n) is 13.7. The third-order valence-corrected chi connectivity index (χ3v) is 4.63. The molecule has 7 nitrogen and oxygen atoms in total. The average Bonchev–Trinajstić information content (AvgIpc) is 2.54. The molecule has 1 aromatic carbocycles. The number of amides is 2. The van der Waals surface area contributed by atoms with E-state index in [4.69, 9.17) is 0 Å². The molecule has 0 aliphatic heterocycles. The summed E-state index contributed by atoms with van der Waals surface area (Å²) in [6.07, 6.45) is 5.72. The zero-order valence-corrected chi connectivity index (χ0v) is 13.7. The van der Waals surface area contributed by atoms with Crippen molar-refractivity contribution in [2.24, 2.45) is 0 Å². The summed E-state index contributed by atoms with van der Waals surface area (Å²) in [7, 11) is 4.09. The number of hydrogen-bond donors (Lipinski definition) is 2. The van der Waals surface area contributed by atoms with Crippen LogP contribution in [0.2, 0.25) is 0 Å². The first-order valence-electron chi connectivity index (χ1n) is 7.90. The van der Waals surface area contributed by atoms with Crippen molar-refractivity contribution in [2.45, 2.75) is 37.6 Å². The molecule has 2 N–H and O–H groups in total. The maximum absolute atomic E-state index is 12.1. The van der Waals surface area contributed by atoms with E-state index in [1.165, 1.54) is 31.4 Å². The van der Waals surface area contributed by atoms with Crippen LogP contribution in [0.4, 0.5) is 16.2 Å². The van der Waals surface area contributed by atoms with Gasteiger partial charge in [0.2, 0.25) is 0 Å². The minimum absolute atomic E-state index is 0.00171. The van der Waals surface area contributed by atoms with E-state index in [1.807, 2.05) is 14.1 Å². The minimum atomic E-state index is -0.480. The highest BCUT2D eigenvalue weighted by Crippen LogP contribution is 2.31. The van der Waals surface area contributed by atoms with E-state index in [-0.39, 0.29) is 17.3 Å². The van der Waals surface area contributed by atoms with Crippen molar-refractivity contribution in [3.8, 4) is 0 Å². The third kappa shape index (κ3) is 4.41. The van der Waals surface area contributed by atoms with Crippen molar-refractivity contribution in [3.63, 3.8) is 0 Å². The zero-order chi connectivity index (χ0) is 16.9. The Balaban J connectivity index is 1.94. The summed E-state index contributed by atoms with van der Waals surface area (Å²) in [6.45, 7) is 0.570. The number of rotatable bonds is 5. The van der Waals surface area contributed by atoms with Crippen molar-refractivity contribution in [1.82, 2.24) is 10.2 Å². The van der Waals surface area contributed by atoms with Gasteiger partial charge in [-0.25, -0.2) is 4.79 Å². The Morgan fingerprint density at radius 2 is 2.00 bits per heavy atom. The number of urea groups is 1. The third-order valence-electron chi connectivity index (χ3n) is 4.63. The fourth-order valence-corrected chi connectivity index (χ4v) is 3.11. The highest BCUT2D eigenvalue weighted by Gasteiger charge is 2.34. The lowest BCUT2D eigenvalue weighted by Crippen LogP contribution is -2.54. The summed E-state index contributed by atoms with van der Waals surface area (Å²) < 4.78 is 0. The van der Waals surface area contributed by atoms with Gasteiger partial charge in [0.05, 0.1) is 4.92 Å². The molecule has 7 heteroatoms. The standard InChI is InChI=1S/C16H24N4O3/c1-19(2)16(9-4-3-5-10-16)12-17-15(21)18-13-7-6-8-14(11-13)20(22)23/h6-8,11H,3-5,9-10,12H2,1-2H3,(H2,17,18,21). The van der Waals surface area contributed by atoms with Gasteiger partial charge in [-0.3, -0.25) is 10.1 Å². The first-order chi connectivity index (χ1) is 10.9. The number of carbonyl (C=O) groups excluding carboxylic acids is 1. The van der Waals surface area contributed by atoms with Gasteiger partial charge < -0.3 is 15.5 Å². The van der Waals surface area contributed by atoms with Crippen molar-refractivity contribution >= 4 is 17.4 Å². The molecular formula is C16H24N4O3. The number of hydrogen-bond acceptors (Lipinski definition) is 4. The smallest absolute Gasteiger partial charge is 0.319 e. The lowest BCUT2D eigenvalue weighted by atomic mass is 9.80. The summed E-state index contributed by atoms with van der Waals surface area (Å²) in [5.74, 6) is 0. The summed E-state index contributed by atoms with van der Waals surface area (Å²) in [5, 5.41) is 16.3. The molecule has 0 unspecified atom stereocenters. The Hall–Kier alpha value is -2.15. The largest absolute Gasteiger partial charge is 0.336 e. The van der Waals surface area contributed by atoms with Crippen LogP contribution in [-0.2, 0) is 0 Å². The molecule has 1 aromatic rings. The Morgan fingerprint density at radius 3 is 2.61 bits per heavy atom. The van der Waals surface area contributed by atoms with Crippen LogP contribution in [0.5, 0.6) is 0 Å². The van der Waals surface area contributed by atoms with E-state index in [0.717, 1.165) is 12.8 Å².